The lowest BCUT2D eigenvalue weighted by Gasteiger charge is -2.10. The molecule has 24 heavy (non-hydrogen) atoms. The summed E-state index contributed by atoms with van der Waals surface area (Å²) in [6.07, 6.45) is 2.08. The second-order valence-corrected chi connectivity index (χ2v) is 6.91. The van der Waals surface area contributed by atoms with Gasteiger partial charge in [0.15, 0.2) is 0 Å². The third-order valence-corrected chi connectivity index (χ3v) is 4.38. The largest absolute Gasteiger partial charge is 0.491 e. The van der Waals surface area contributed by atoms with Crippen LogP contribution in [-0.4, -0.2) is 24.3 Å². The van der Waals surface area contributed by atoms with Gasteiger partial charge in [0.25, 0.3) is 0 Å². The predicted octanol–water partition coefficient (Wildman–Crippen LogP) is 4.31. The lowest BCUT2D eigenvalue weighted by Crippen LogP contribution is -2.26. The monoisotopic (exact) mass is 343 g/mol. The molecular weight excluding hydrogens is 318 g/mol. The van der Waals surface area contributed by atoms with E-state index in [0.717, 1.165) is 23.5 Å². The van der Waals surface area contributed by atoms with Crippen molar-refractivity contribution in [3.8, 4) is 5.75 Å². The number of aryl methyl sites for hydroxylation is 1. The van der Waals surface area contributed by atoms with Crippen molar-refractivity contribution in [3.63, 3.8) is 0 Å². The van der Waals surface area contributed by atoms with E-state index < -0.39 is 0 Å². The van der Waals surface area contributed by atoms with Crippen LogP contribution in [0.3, 0.4) is 0 Å². The van der Waals surface area contributed by atoms with Crippen LogP contribution >= 0.6 is 11.8 Å². The number of ether oxygens (including phenoxy) is 1. The molecule has 128 valence electrons. The zero-order valence-electron chi connectivity index (χ0n) is 14.3. The summed E-state index contributed by atoms with van der Waals surface area (Å²) in [5.41, 5.74) is 1.26. The Morgan fingerprint density at radius 2 is 1.79 bits per heavy atom. The highest BCUT2D eigenvalue weighted by Gasteiger charge is 2.03. The molecule has 2 aromatic rings. The molecule has 0 aliphatic carbocycles. The van der Waals surface area contributed by atoms with E-state index >= 15 is 0 Å². The molecule has 4 heteroatoms. The molecule has 0 unspecified atom stereocenters. The van der Waals surface area contributed by atoms with E-state index in [9.17, 15) is 4.79 Å². The number of nitrogens with one attached hydrogen (secondary N) is 1. The Bertz CT molecular complexity index is 611. The highest BCUT2D eigenvalue weighted by Crippen LogP contribution is 2.16. The Kier molecular flexibility index (Phi) is 7.69. The first-order valence-electron chi connectivity index (χ1n) is 8.33. The molecule has 0 fully saturated rings. The summed E-state index contributed by atoms with van der Waals surface area (Å²) in [5.74, 6) is 1.45. The fraction of sp³-hybridized carbons (Fsp3) is 0.350. The number of benzene rings is 2. The predicted molar refractivity (Wildman–Crippen MR) is 101 cm³/mol. The molecule has 1 amide bonds. The van der Waals surface area contributed by atoms with Crippen molar-refractivity contribution >= 4 is 17.7 Å². The van der Waals surface area contributed by atoms with Crippen molar-refractivity contribution < 1.29 is 9.53 Å². The third kappa shape index (κ3) is 7.09. The molecule has 0 spiro atoms. The topological polar surface area (TPSA) is 38.3 Å². The molecule has 0 saturated carbocycles. The van der Waals surface area contributed by atoms with Gasteiger partial charge in [-0.05, 0) is 56.5 Å². The molecule has 0 bridgehead atoms. The van der Waals surface area contributed by atoms with E-state index in [1.165, 1.54) is 5.56 Å². The Morgan fingerprint density at radius 1 is 1.08 bits per heavy atom. The molecule has 2 aromatic carbocycles. The van der Waals surface area contributed by atoms with Crippen molar-refractivity contribution in [2.45, 2.75) is 37.7 Å². The Balaban J connectivity index is 1.61. The quantitative estimate of drug-likeness (QED) is 0.544. The highest BCUT2D eigenvalue weighted by molar-refractivity contribution is 8.00. The zero-order valence-corrected chi connectivity index (χ0v) is 15.1. The van der Waals surface area contributed by atoms with Crippen LogP contribution in [0.4, 0.5) is 0 Å². The van der Waals surface area contributed by atoms with Gasteiger partial charge in [-0.1, -0.05) is 30.3 Å². The molecular formula is C20H25NO2S. The van der Waals surface area contributed by atoms with Crippen LogP contribution in [0.2, 0.25) is 0 Å². The van der Waals surface area contributed by atoms with Crippen molar-refractivity contribution in [2.75, 3.05) is 12.3 Å². The van der Waals surface area contributed by atoms with Crippen molar-refractivity contribution in [3.05, 3.63) is 60.2 Å². The second kappa shape index (κ2) is 10.0. The molecule has 0 heterocycles. The summed E-state index contributed by atoms with van der Waals surface area (Å²) in [6, 6.07) is 18.2. The van der Waals surface area contributed by atoms with E-state index in [-0.39, 0.29) is 12.0 Å². The van der Waals surface area contributed by atoms with Crippen molar-refractivity contribution in [2.24, 2.45) is 0 Å². The summed E-state index contributed by atoms with van der Waals surface area (Å²) in [5, 5.41) is 2.98. The number of hydrogen-bond donors (Lipinski definition) is 1. The van der Waals surface area contributed by atoms with Crippen LogP contribution < -0.4 is 10.1 Å². The van der Waals surface area contributed by atoms with Gasteiger partial charge in [0, 0.05) is 11.4 Å². The van der Waals surface area contributed by atoms with Crippen LogP contribution in [-0.2, 0) is 11.2 Å². The molecule has 3 nitrogen and oxygen atoms in total. The summed E-state index contributed by atoms with van der Waals surface area (Å²) >= 11 is 1.56. The number of carbonyl (C=O) groups is 1. The minimum absolute atomic E-state index is 0.0875. The number of carbonyl (C=O) groups excluding carboxylic acids is 1. The van der Waals surface area contributed by atoms with Crippen molar-refractivity contribution in [1.29, 1.82) is 0 Å². The van der Waals surface area contributed by atoms with E-state index in [1.807, 2.05) is 56.3 Å². The molecule has 0 saturated heterocycles. The molecule has 0 atom stereocenters. The van der Waals surface area contributed by atoms with E-state index in [0.29, 0.717) is 12.3 Å². The summed E-state index contributed by atoms with van der Waals surface area (Å²) in [7, 11) is 0. The lowest BCUT2D eigenvalue weighted by molar-refractivity contribution is -0.118. The maximum atomic E-state index is 11.8. The summed E-state index contributed by atoms with van der Waals surface area (Å²) in [6.45, 7) is 4.75. The smallest absolute Gasteiger partial charge is 0.230 e. The third-order valence-electron chi connectivity index (χ3n) is 3.37. The normalized spacial score (nSPS) is 10.6. The van der Waals surface area contributed by atoms with Gasteiger partial charge in [0.05, 0.1) is 11.9 Å². The standard InChI is InChI=1S/C20H25NO2S/c1-16(2)23-18-12-10-17(11-13-18)7-6-14-21-20(22)15-24-19-8-4-3-5-9-19/h3-5,8-13,16H,6-7,14-15H2,1-2H3,(H,21,22). The molecule has 0 aliphatic heterocycles. The van der Waals surface area contributed by atoms with Gasteiger partial charge < -0.3 is 10.1 Å². The maximum absolute atomic E-state index is 11.8. The first-order chi connectivity index (χ1) is 11.6. The van der Waals surface area contributed by atoms with Crippen LogP contribution in [0.5, 0.6) is 5.75 Å². The van der Waals surface area contributed by atoms with E-state index in [4.69, 9.17) is 4.74 Å². The number of hydrogen-bond acceptors (Lipinski definition) is 3. The van der Waals surface area contributed by atoms with Crippen LogP contribution in [0.1, 0.15) is 25.8 Å². The van der Waals surface area contributed by atoms with Gasteiger partial charge >= 0.3 is 0 Å². The zero-order chi connectivity index (χ0) is 17.2. The Labute approximate surface area is 148 Å². The van der Waals surface area contributed by atoms with Crippen molar-refractivity contribution in [1.82, 2.24) is 5.32 Å². The van der Waals surface area contributed by atoms with Crippen LogP contribution in [0.15, 0.2) is 59.5 Å². The van der Waals surface area contributed by atoms with Crippen LogP contribution in [0, 0.1) is 0 Å². The number of thioether (sulfide) groups is 1. The van der Waals surface area contributed by atoms with Gasteiger partial charge in [-0.15, -0.1) is 11.8 Å². The number of rotatable bonds is 9. The first kappa shape index (κ1) is 18.4. The van der Waals surface area contributed by atoms with Gasteiger partial charge in [-0.3, -0.25) is 4.79 Å². The SMILES string of the molecule is CC(C)Oc1ccc(CCCNC(=O)CSc2ccccc2)cc1. The Morgan fingerprint density at radius 3 is 2.46 bits per heavy atom. The summed E-state index contributed by atoms with van der Waals surface area (Å²) < 4.78 is 5.63. The van der Waals surface area contributed by atoms with Crippen LogP contribution in [0.25, 0.3) is 0 Å². The summed E-state index contributed by atoms with van der Waals surface area (Å²) in [4.78, 5) is 12.9. The minimum atomic E-state index is 0.0875. The molecule has 0 aromatic heterocycles. The molecule has 1 N–H and O–H groups in total. The minimum Gasteiger partial charge on any atom is -0.491 e. The average molecular weight is 343 g/mol. The fourth-order valence-electron chi connectivity index (χ4n) is 2.24. The highest BCUT2D eigenvalue weighted by atomic mass is 32.2. The fourth-order valence-corrected chi connectivity index (χ4v) is 2.99. The van der Waals surface area contributed by atoms with Gasteiger partial charge in [0.2, 0.25) is 5.91 Å². The molecule has 0 aliphatic rings. The van der Waals surface area contributed by atoms with E-state index in [2.05, 4.69) is 17.4 Å². The molecule has 0 radical (unpaired) electrons. The second-order valence-electron chi connectivity index (χ2n) is 5.87. The van der Waals surface area contributed by atoms with E-state index in [1.54, 1.807) is 11.8 Å². The number of amides is 1. The lowest BCUT2D eigenvalue weighted by atomic mass is 10.1. The van der Waals surface area contributed by atoms with Gasteiger partial charge in [-0.2, -0.15) is 0 Å². The Hall–Kier alpha value is -1.94. The average Bonchev–Trinajstić information content (AvgIpc) is 2.59. The van der Waals surface area contributed by atoms with Gasteiger partial charge in [-0.25, -0.2) is 0 Å². The van der Waals surface area contributed by atoms with Gasteiger partial charge in [0.1, 0.15) is 5.75 Å². The first-order valence-corrected chi connectivity index (χ1v) is 9.32. The molecule has 2 rings (SSSR count). The maximum Gasteiger partial charge on any atom is 0.230 e.